The van der Waals surface area contributed by atoms with Crippen LogP contribution in [0.4, 0.5) is 8.78 Å². The number of phenolic OH excluding ortho intramolecular Hbond substituents is 1. The minimum absolute atomic E-state index is 0.186. The fraction of sp³-hybridized carbons (Fsp3) is 0.250. The van der Waals surface area contributed by atoms with Crippen LogP contribution in [0.1, 0.15) is 18.9 Å². The van der Waals surface area contributed by atoms with Gasteiger partial charge in [0.05, 0.1) is 5.56 Å². The van der Waals surface area contributed by atoms with Gasteiger partial charge in [-0.25, -0.2) is 8.78 Å². The topological polar surface area (TPSA) is 49.3 Å². The van der Waals surface area contributed by atoms with Crippen LogP contribution in [0.5, 0.6) is 5.75 Å². The van der Waals surface area contributed by atoms with Crippen molar-refractivity contribution < 1.29 is 18.7 Å². The molecule has 0 aliphatic carbocycles. The largest absolute Gasteiger partial charge is 0.508 e. The number of rotatable bonds is 2. The van der Waals surface area contributed by atoms with Gasteiger partial charge >= 0.3 is 0 Å². The third kappa shape index (κ3) is 4.11. The molecule has 2 N–H and O–H groups in total. The lowest BCUT2D eigenvalue weighted by Crippen LogP contribution is -2.20. The van der Waals surface area contributed by atoms with Crippen molar-refractivity contribution in [1.29, 1.82) is 0 Å². The standard InChI is InChI=1S/C12H11F2NO2/c1-8(16)15-5-3-2-4-10-11(13)6-9(17)7-12(10)14/h6-7,17H,3,5H2,1H3,(H,15,16). The molecule has 0 bridgehead atoms. The van der Waals surface area contributed by atoms with Crippen molar-refractivity contribution in [2.45, 2.75) is 13.3 Å². The number of benzene rings is 1. The molecule has 90 valence electrons. The predicted molar refractivity (Wildman–Crippen MR) is 58.2 cm³/mol. The summed E-state index contributed by atoms with van der Waals surface area (Å²) in [5.41, 5.74) is -0.384. The molecule has 0 unspecified atom stereocenters. The molecule has 0 aliphatic heterocycles. The van der Waals surface area contributed by atoms with Crippen LogP contribution < -0.4 is 5.32 Å². The minimum Gasteiger partial charge on any atom is -0.508 e. The van der Waals surface area contributed by atoms with Gasteiger partial charge in [0.1, 0.15) is 17.4 Å². The maximum absolute atomic E-state index is 13.2. The van der Waals surface area contributed by atoms with E-state index in [0.29, 0.717) is 13.0 Å². The highest BCUT2D eigenvalue weighted by Gasteiger charge is 2.07. The van der Waals surface area contributed by atoms with E-state index in [1.807, 2.05) is 0 Å². The number of carbonyl (C=O) groups is 1. The summed E-state index contributed by atoms with van der Waals surface area (Å²) >= 11 is 0. The Morgan fingerprint density at radius 1 is 1.41 bits per heavy atom. The van der Waals surface area contributed by atoms with Crippen molar-refractivity contribution in [3.63, 3.8) is 0 Å². The molecule has 0 fully saturated rings. The molecule has 1 aromatic rings. The zero-order chi connectivity index (χ0) is 12.8. The van der Waals surface area contributed by atoms with E-state index in [4.69, 9.17) is 5.11 Å². The van der Waals surface area contributed by atoms with Gasteiger partial charge in [-0.3, -0.25) is 4.79 Å². The Hall–Kier alpha value is -2.09. The zero-order valence-corrected chi connectivity index (χ0v) is 9.18. The van der Waals surface area contributed by atoms with E-state index in [2.05, 4.69) is 17.2 Å². The first-order chi connectivity index (χ1) is 8.00. The van der Waals surface area contributed by atoms with Gasteiger partial charge in [-0.15, -0.1) is 0 Å². The molecule has 0 saturated heterocycles. The normalized spacial score (nSPS) is 9.35. The highest BCUT2D eigenvalue weighted by molar-refractivity contribution is 5.72. The lowest BCUT2D eigenvalue weighted by molar-refractivity contribution is -0.118. The van der Waals surface area contributed by atoms with Crippen molar-refractivity contribution in [2.24, 2.45) is 0 Å². The molecule has 1 rings (SSSR count). The van der Waals surface area contributed by atoms with Crippen molar-refractivity contribution in [3.8, 4) is 17.6 Å². The molecule has 0 spiro atoms. The van der Waals surface area contributed by atoms with Crippen LogP contribution in [0.3, 0.4) is 0 Å². The first kappa shape index (κ1) is 13.0. The van der Waals surface area contributed by atoms with Gasteiger partial charge in [0, 0.05) is 32.0 Å². The second kappa shape index (κ2) is 5.85. The molecule has 0 saturated carbocycles. The third-order valence-corrected chi connectivity index (χ3v) is 1.86. The van der Waals surface area contributed by atoms with E-state index < -0.39 is 17.4 Å². The van der Waals surface area contributed by atoms with Gasteiger partial charge in [-0.1, -0.05) is 11.8 Å². The molecule has 0 atom stereocenters. The minimum atomic E-state index is -0.908. The molecule has 5 heteroatoms. The van der Waals surface area contributed by atoms with E-state index in [1.54, 1.807) is 0 Å². The quantitative estimate of drug-likeness (QED) is 0.607. The van der Waals surface area contributed by atoms with Gasteiger partial charge in [-0.05, 0) is 0 Å². The third-order valence-electron chi connectivity index (χ3n) is 1.86. The lowest BCUT2D eigenvalue weighted by atomic mass is 10.2. The Bertz CT molecular complexity index is 466. The molecule has 0 radical (unpaired) electrons. The smallest absolute Gasteiger partial charge is 0.216 e. The number of amides is 1. The monoisotopic (exact) mass is 239 g/mol. The van der Waals surface area contributed by atoms with Crippen LogP contribution >= 0.6 is 0 Å². The summed E-state index contributed by atoms with van der Waals surface area (Å²) in [7, 11) is 0. The van der Waals surface area contributed by atoms with Crippen molar-refractivity contribution >= 4 is 5.91 Å². The van der Waals surface area contributed by atoms with Gasteiger partial charge in [0.2, 0.25) is 5.91 Å². The van der Waals surface area contributed by atoms with E-state index in [0.717, 1.165) is 12.1 Å². The number of hydrogen-bond acceptors (Lipinski definition) is 2. The molecule has 3 nitrogen and oxygen atoms in total. The van der Waals surface area contributed by atoms with Crippen LogP contribution in [0.25, 0.3) is 0 Å². The Balaban J connectivity index is 2.69. The molecule has 0 aliphatic rings. The fourth-order valence-electron chi connectivity index (χ4n) is 1.13. The van der Waals surface area contributed by atoms with Crippen LogP contribution in [0.2, 0.25) is 0 Å². The second-order valence-corrected chi connectivity index (χ2v) is 3.32. The highest BCUT2D eigenvalue weighted by Crippen LogP contribution is 2.18. The Kier molecular flexibility index (Phi) is 4.46. The lowest BCUT2D eigenvalue weighted by Gasteiger charge is -1.98. The number of phenols is 1. The summed E-state index contributed by atoms with van der Waals surface area (Å²) in [5.74, 6) is 2.37. The van der Waals surface area contributed by atoms with Crippen LogP contribution in [-0.4, -0.2) is 17.6 Å². The molecular weight excluding hydrogens is 228 g/mol. The van der Waals surface area contributed by atoms with E-state index >= 15 is 0 Å². The summed E-state index contributed by atoms with van der Waals surface area (Å²) in [6, 6.07) is 1.59. The van der Waals surface area contributed by atoms with Crippen LogP contribution in [-0.2, 0) is 4.79 Å². The zero-order valence-electron chi connectivity index (χ0n) is 9.18. The SMILES string of the molecule is CC(=O)NCCC#Cc1c(F)cc(O)cc1F. The molecule has 1 aromatic carbocycles. The summed E-state index contributed by atoms with van der Waals surface area (Å²) < 4.78 is 26.4. The predicted octanol–water partition coefficient (Wildman–Crippen LogP) is 1.55. The molecule has 1 amide bonds. The van der Waals surface area contributed by atoms with E-state index in [1.165, 1.54) is 6.92 Å². The Morgan fingerprint density at radius 3 is 2.53 bits per heavy atom. The van der Waals surface area contributed by atoms with Crippen LogP contribution in [0, 0.1) is 23.5 Å². The van der Waals surface area contributed by atoms with E-state index in [9.17, 15) is 13.6 Å². The average molecular weight is 239 g/mol. The fourth-order valence-corrected chi connectivity index (χ4v) is 1.13. The summed E-state index contributed by atoms with van der Waals surface area (Å²) in [5, 5.41) is 11.4. The number of halogens is 2. The van der Waals surface area contributed by atoms with Crippen molar-refractivity contribution in [2.75, 3.05) is 6.54 Å². The summed E-state index contributed by atoms with van der Waals surface area (Å²) in [6.45, 7) is 1.69. The van der Waals surface area contributed by atoms with Gasteiger partial charge < -0.3 is 10.4 Å². The van der Waals surface area contributed by atoms with Crippen LogP contribution in [0.15, 0.2) is 12.1 Å². The van der Waals surface area contributed by atoms with Gasteiger partial charge in [-0.2, -0.15) is 0 Å². The number of carbonyl (C=O) groups excluding carboxylic acids is 1. The number of aromatic hydroxyl groups is 1. The Labute approximate surface area is 97.5 Å². The second-order valence-electron chi connectivity index (χ2n) is 3.32. The summed E-state index contributed by atoms with van der Waals surface area (Å²) in [4.78, 5) is 10.5. The maximum atomic E-state index is 13.2. The van der Waals surface area contributed by atoms with E-state index in [-0.39, 0.29) is 11.5 Å². The van der Waals surface area contributed by atoms with Crippen molar-refractivity contribution in [1.82, 2.24) is 5.32 Å². The molecular formula is C12H11F2NO2. The van der Waals surface area contributed by atoms with Gasteiger partial charge in [0.15, 0.2) is 0 Å². The first-order valence-corrected chi connectivity index (χ1v) is 4.92. The molecule has 0 aromatic heterocycles. The number of hydrogen-bond donors (Lipinski definition) is 2. The number of nitrogens with one attached hydrogen (secondary N) is 1. The maximum Gasteiger partial charge on any atom is 0.216 e. The van der Waals surface area contributed by atoms with Crippen molar-refractivity contribution in [3.05, 3.63) is 29.3 Å². The first-order valence-electron chi connectivity index (χ1n) is 4.92. The Morgan fingerprint density at radius 2 is 2.00 bits per heavy atom. The average Bonchev–Trinajstić information content (AvgIpc) is 2.20. The highest BCUT2D eigenvalue weighted by atomic mass is 19.1. The summed E-state index contributed by atoms with van der Waals surface area (Å²) in [6.07, 6.45) is 0.291. The molecule has 17 heavy (non-hydrogen) atoms. The molecule has 0 heterocycles. The van der Waals surface area contributed by atoms with Gasteiger partial charge in [0.25, 0.3) is 0 Å².